The summed E-state index contributed by atoms with van der Waals surface area (Å²) in [7, 11) is 0. The monoisotopic (exact) mass is 443 g/mol. The number of rotatable bonds is 5. The molecule has 1 N–H and O–H groups in total. The van der Waals surface area contributed by atoms with E-state index in [2.05, 4.69) is 10.2 Å². The zero-order valence-electron chi connectivity index (χ0n) is 16.4. The van der Waals surface area contributed by atoms with Gasteiger partial charge in [-0.05, 0) is 36.8 Å². The van der Waals surface area contributed by atoms with Crippen molar-refractivity contribution in [2.75, 3.05) is 4.90 Å². The maximum Gasteiger partial charge on any atom is 0.296 e. The van der Waals surface area contributed by atoms with Gasteiger partial charge >= 0.3 is 0 Å². The second kappa shape index (κ2) is 7.70. The SMILES string of the molecule is Cc1ccc(C(=O)C2=C(O)C(=O)N(c3nnc(C(C)C)s3)[C@@H]2c2ccc(Cl)cc2)o1. The molecule has 1 aliphatic heterocycles. The van der Waals surface area contributed by atoms with Gasteiger partial charge in [-0.1, -0.05) is 48.9 Å². The molecule has 1 aliphatic rings. The second-order valence-electron chi connectivity index (χ2n) is 7.21. The van der Waals surface area contributed by atoms with Gasteiger partial charge in [-0.15, -0.1) is 10.2 Å². The van der Waals surface area contributed by atoms with Crippen LogP contribution in [0.5, 0.6) is 0 Å². The normalized spacial score (nSPS) is 16.8. The zero-order valence-corrected chi connectivity index (χ0v) is 18.0. The Morgan fingerprint density at radius 3 is 2.47 bits per heavy atom. The minimum absolute atomic E-state index is 0.0443. The lowest BCUT2D eigenvalue weighted by Crippen LogP contribution is -2.31. The molecule has 1 amide bonds. The van der Waals surface area contributed by atoms with Gasteiger partial charge in [0.05, 0.1) is 11.6 Å². The molecule has 3 heterocycles. The van der Waals surface area contributed by atoms with Crippen LogP contribution in [0.15, 0.2) is 52.1 Å². The number of Topliss-reactive ketones (excluding diaryl/α,β-unsaturated/α-hetero) is 1. The first-order chi connectivity index (χ1) is 14.3. The van der Waals surface area contributed by atoms with E-state index in [9.17, 15) is 14.7 Å². The van der Waals surface area contributed by atoms with Gasteiger partial charge in [-0.2, -0.15) is 0 Å². The number of amides is 1. The Morgan fingerprint density at radius 2 is 1.90 bits per heavy atom. The molecule has 0 fully saturated rings. The molecule has 7 nitrogen and oxygen atoms in total. The molecular formula is C21H18ClN3O4S. The molecule has 3 aromatic rings. The molecule has 1 atom stereocenters. The lowest BCUT2D eigenvalue weighted by molar-refractivity contribution is -0.117. The van der Waals surface area contributed by atoms with Gasteiger partial charge < -0.3 is 9.52 Å². The number of aliphatic hydroxyl groups excluding tert-OH is 1. The van der Waals surface area contributed by atoms with E-state index in [-0.39, 0.29) is 17.3 Å². The van der Waals surface area contributed by atoms with Crippen molar-refractivity contribution in [1.29, 1.82) is 0 Å². The van der Waals surface area contributed by atoms with Crippen molar-refractivity contribution in [3.05, 3.63) is 74.8 Å². The van der Waals surface area contributed by atoms with Gasteiger partial charge in [-0.25, -0.2) is 0 Å². The van der Waals surface area contributed by atoms with Crippen LogP contribution in [0, 0.1) is 6.92 Å². The van der Waals surface area contributed by atoms with Crippen molar-refractivity contribution < 1.29 is 19.1 Å². The Kier molecular flexibility index (Phi) is 5.21. The summed E-state index contributed by atoms with van der Waals surface area (Å²) in [6.45, 7) is 5.65. The van der Waals surface area contributed by atoms with Gasteiger partial charge in [0.25, 0.3) is 5.91 Å². The quantitative estimate of drug-likeness (QED) is 0.557. The fourth-order valence-electron chi connectivity index (χ4n) is 3.24. The average molecular weight is 444 g/mol. The maximum absolute atomic E-state index is 13.2. The molecule has 30 heavy (non-hydrogen) atoms. The predicted octanol–water partition coefficient (Wildman–Crippen LogP) is 5.00. The smallest absolute Gasteiger partial charge is 0.296 e. The third-order valence-corrected chi connectivity index (χ3v) is 6.21. The largest absolute Gasteiger partial charge is 0.503 e. The van der Waals surface area contributed by atoms with Crippen LogP contribution < -0.4 is 4.90 Å². The lowest BCUT2D eigenvalue weighted by atomic mass is 9.95. The summed E-state index contributed by atoms with van der Waals surface area (Å²) in [5, 5.41) is 20.5. The van der Waals surface area contributed by atoms with Crippen molar-refractivity contribution in [1.82, 2.24) is 10.2 Å². The van der Waals surface area contributed by atoms with Crippen LogP contribution in [-0.2, 0) is 4.79 Å². The Morgan fingerprint density at radius 1 is 1.20 bits per heavy atom. The van der Waals surface area contributed by atoms with Crippen LogP contribution in [0.4, 0.5) is 5.13 Å². The molecule has 1 aromatic carbocycles. The van der Waals surface area contributed by atoms with Crippen molar-refractivity contribution >= 4 is 39.8 Å². The highest BCUT2D eigenvalue weighted by molar-refractivity contribution is 7.15. The van der Waals surface area contributed by atoms with E-state index in [0.29, 0.717) is 21.5 Å². The molecule has 0 unspecified atom stereocenters. The minimum Gasteiger partial charge on any atom is -0.503 e. The molecule has 154 valence electrons. The van der Waals surface area contributed by atoms with E-state index in [1.54, 1.807) is 37.3 Å². The number of carbonyl (C=O) groups excluding carboxylic acids is 2. The number of halogens is 1. The number of aromatic nitrogens is 2. The Hall–Kier alpha value is -2.97. The summed E-state index contributed by atoms with van der Waals surface area (Å²) < 4.78 is 5.45. The van der Waals surface area contributed by atoms with Gasteiger partial charge in [0.2, 0.25) is 10.9 Å². The van der Waals surface area contributed by atoms with E-state index < -0.39 is 23.5 Å². The summed E-state index contributed by atoms with van der Waals surface area (Å²) in [4.78, 5) is 27.5. The summed E-state index contributed by atoms with van der Waals surface area (Å²) in [6.07, 6.45) is 0. The van der Waals surface area contributed by atoms with E-state index in [4.69, 9.17) is 16.0 Å². The number of nitrogens with zero attached hydrogens (tertiary/aromatic N) is 3. The topological polar surface area (TPSA) is 96.5 Å². The molecule has 0 aliphatic carbocycles. The van der Waals surface area contributed by atoms with Crippen molar-refractivity contribution in [2.24, 2.45) is 0 Å². The van der Waals surface area contributed by atoms with Crippen molar-refractivity contribution in [3.63, 3.8) is 0 Å². The van der Waals surface area contributed by atoms with Crippen LogP contribution in [-0.4, -0.2) is 27.0 Å². The highest BCUT2D eigenvalue weighted by Gasteiger charge is 2.46. The number of hydrogen-bond donors (Lipinski definition) is 1. The fraction of sp³-hybridized carbons (Fsp3) is 0.238. The number of ketones is 1. The standard InChI is InChI=1S/C21H18ClN3O4S/c1-10(2)19-23-24-21(30-19)25-16(12-5-7-13(22)8-6-12)15(18(27)20(25)28)17(26)14-9-4-11(3)29-14/h4-10,16,27H,1-3H3/t16-/m1/s1. The number of benzene rings is 1. The molecule has 9 heteroatoms. The molecule has 0 radical (unpaired) electrons. The third kappa shape index (κ3) is 3.42. The number of aryl methyl sites for hydroxylation is 1. The van der Waals surface area contributed by atoms with E-state index in [1.807, 2.05) is 13.8 Å². The number of furan rings is 1. The van der Waals surface area contributed by atoms with E-state index in [1.165, 1.54) is 22.3 Å². The first-order valence-electron chi connectivity index (χ1n) is 9.24. The molecule has 0 bridgehead atoms. The van der Waals surface area contributed by atoms with Crippen LogP contribution in [0.1, 0.15) is 52.7 Å². The number of carbonyl (C=O) groups is 2. The highest BCUT2D eigenvalue weighted by atomic mass is 35.5. The number of aliphatic hydroxyl groups is 1. The molecule has 0 saturated heterocycles. The van der Waals surface area contributed by atoms with Crippen LogP contribution in [0.2, 0.25) is 5.02 Å². The van der Waals surface area contributed by atoms with Gasteiger partial charge in [0.15, 0.2) is 11.5 Å². The van der Waals surface area contributed by atoms with Crippen molar-refractivity contribution in [2.45, 2.75) is 32.7 Å². The summed E-state index contributed by atoms with van der Waals surface area (Å²) in [5.41, 5.74) is 0.530. The highest BCUT2D eigenvalue weighted by Crippen LogP contribution is 2.43. The van der Waals surface area contributed by atoms with E-state index >= 15 is 0 Å². The Labute approximate surface area is 181 Å². The van der Waals surface area contributed by atoms with Crippen LogP contribution in [0.25, 0.3) is 0 Å². The molecule has 4 rings (SSSR count). The number of hydrogen-bond acceptors (Lipinski definition) is 7. The Balaban J connectivity index is 1.85. The first-order valence-corrected chi connectivity index (χ1v) is 10.4. The predicted molar refractivity (Wildman–Crippen MR) is 113 cm³/mol. The summed E-state index contributed by atoms with van der Waals surface area (Å²) in [6, 6.07) is 9.01. The fourth-order valence-corrected chi connectivity index (χ4v) is 4.24. The maximum atomic E-state index is 13.2. The lowest BCUT2D eigenvalue weighted by Gasteiger charge is -2.23. The molecule has 0 saturated carbocycles. The third-order valence-electron chi connectivity index (χ3n) is 4.73. The van der Waals surface area contributed by atoms with Gasteiger partial charge in [0.1, 0.15) is 10.8 Å². The van der Waals surface area contributed by atoms with Crippen LogP contribution in [0.3, 0.4) is 0 Å². The van der Waals surface area contributed by atoms with Gasteiger partial charge in [-0.3, -0.25) is 14.5 Å². The van der Waals surface area contributed by atoms with Crippen molar-refractivity contribution in [3.8, 4) is 0 Å². The number of anilines is 1. The van der Waals surface area contributed by atoms with Crippen LogP contribution >= 0.6 is 22.9 Å². The first kappa shape index (κ1) is 20.3. The summed E-state index contributed by atoms with van der Waals surface area (Å²) in [5.74, 6) is -1.19. The molecular weight excluding hydrogens is 426 g/mol. The van der Waals surface area contributed by atoms with Gasteiger partial charge in [0, 0.05) is 10.9 Å². The minimum atomic E-state index is -0.888. The average Bonchev–Trinajstić information content (AvgIpc) is 3.41. The Bertz CT molecular complexity index is 1160. The molecule has 2 aromatic heterocycles. The molecule has 0 spiro atoms. The summed E-state index contributed by atoms with van der Waals surface area (Å²) >= 11 is 7.26. The zero-order chi connectivity index (χ0) is 21.6. The van der Waals surface area contributed by atoms with E-state index in [0.717, 1.165) is 5.01 Å². The second-order valence-corrected chi connectivity index (χ2v) is 8.63.